The zero-order valence-electron chi connectivity index (χ0n) is 11.5. The van der Waals surface area contributed by atoms with Crippen LogP contribution in [0.5, 0.6) is 0 Å². The quantitative estimate of drug-likeness (QED) is 0.564. The van der Waals surface area contributed by atoms with Gasteiger partial charge in [-0.3, -0.25) is 4.79 Å². The topological polar surface area (TPSA) is 17.1 Å². The summed E-state index contributed by atoms with van der Waals surface area (Å²) in [6.07, 6.45) is 0. The van der Waals surface area contributed by atoms with E-state index >= 15 is 0 Å². The summed E-state index contributed by atoms with van der Waals surface area (Å²) in [5.74, 6) is 0.472. The fourth-order valence-electron chi connectivity index (χ4n) is 0. The van der Waals surface area contributed by atoms with Gasteiger partial charge in [0.15, 0.2) is 0 Å². The van der Waals surface area contributed by atoms with E-state index in [0.29, 0.717) is 0 Å². The van der Waals surface area contributed by atoms with Crippen LogP contribution in [-0.4, -0.2) is 5.78 Å². The third kappa shape index (κ3) is 22.5. The Kier molecular flexibility index (Phi) is 16.9. The molecule has 0 saturated carbocycles. The maximum absolute atomic E-state index is 10.1. The second-order valence-corrected chi connectivity index (χ2v) is 3.77. The molecule has 1 heteroatoms. The van der Waals surface area contributed by atoms with E-state index in [1.165, 1.54) is 11.1 Å². The van der Waals surface area contributed by atoms with E-state index in [9.17, 15) is 4.79 Å². The first-order chi connectivity index (χ1) is 6.29. The Morgan fingerprint density at radius 1 is 0.786 bits per heavy atom. The Morgan fingerprint density at radius 3 is 0.929 bits per heavy atom. The van der Waals surface area contributed by atoms with Gasteiger partial charge in [0.25, 0.3) is 0 Å². The first kappa shape index (κ1) is 19.1. The highest BCUT2D eigenvalue weighted by Gasteiger charge is 1.95. The van der Waals surface area contributed by atoms with Crippen LogP contribution in [0.4, 0.5) is 0 Å². The summed E-state index contributed by atoms with van der Waals surface area (Å²) in [6, 6.07) is 0. The molecule has 0 aliphatic rings. The molecule has 0 aromatic rings. The van der Waals surface area contributed by atoms with Gasteiger partial charge in [-0.05, 0) is 34.6 Å². The molecule has 0 N–H and O–H groups in total. The summed E-state index contributed by atoms with van der Waals surface area (Å²) in [7, 11) is 0. The van der Waals surface area contributed by atoms with Crippen molar-refractivity contribution in [2.75, 3.05) is 0 Å². The van der Waals surface area contributed by atoms with Crippen LogP contribution in [0.3, 0.4) is 0 Å². The molecule has 0 atom stereocenters. The van der Waals surface area contributed by atoms with E-state index in [0.717, 1.165) is 0 Å². The van der Waals surface area contributed by atoms with Crippen molar-refractivity contribution in [3.63, 3.8) is 0 Å². The minimum Gasteiger partial charge on any atom is -0.300 e. The highest BCUT2D eigenvalue weighted by atomic mass is 16.1. The minimum absolute atomic E-state index is 0.213. The van der Waals surface area contributed by atoms with Gasteiger partial charge in [-0.2, -0.15) is 0 Å². The Bertz CT molecular complexity index is 146. The van der Waals surface area contributed by atoms with E-state index in [1.807, 2.05) is 27.7 Å². The number of carbonyl (C=O) groups excluding carboxylic acids is 1. The monoisotopic (exact) mass is 200 g/mol. The highest BCUT2D eigenvalue weighted by molar-refractivity contribution is 5.77. The summed E-state index contributed by atoms with van der Waals surface area (Å²) < 4.78 is 0. The van der Waals surface area contributed by atoms with Gasteiger partial charge in [-0.1, -0.05) is 38.8 Å². The molecular weight excluding hydrogens is 172 g/mol. The molecule has 0 rings (SSSR count). The number of hydrogen-bond acceptors (Lipinski definition) is 1. The molecule has 0 amide bonds. The lowest BCUT2D eigenvalue weighted by atomic mass is 10.1. The lowest BCUT2D eigenvalue weighted by Crippen LogP contribution is -1.98. The van der Waals surface area contributed by atoms with E-state index < -0.39 is 0 Å². The molecule has 0 aliphatic carbocycles. The minimum atomic E-state index is 0.213. The second kappa shape index (κ2) is 12.4. The fraction of sp³-hybridized carbons (Fsp3) is 0.769. The molecule has 0 aromatic heterocycles. The lowest BCUT2D eigenvalue weighted by molar-refractivity contribution is -0.119. The molecule has 0 spiro atoms. The predicted octanol–water partition coefficient (Wildman–Crippen LogP) is 4.62. The Balaban J connectivity index is -0.000000147. The standard InChI is InChI=1S/C6H12.C5H10O.C2H6/c1-5(2)6(3)4;1-4(2)5(3)6;1-2/h1-4H3;4H,1-3H3;1-2H3. The van der Waals surface area contributed by atoms with Crippen LogP contribution < -0.4 is 0 Å². The van der Waals surface area contributed by atoms with Gasteiger partial charge in [0.2, 0.25) is 0 Å². The summed E-state index contributed by atoms with van der Waals surface area (Å²) in [5, 5.41) is 0. The molecule has 0 fully saturated rings. The van der Waals surface area contributed by atoms with Crippen LogP contribution in [0, 0.1) is 5.92 Å². The zero-order chi connectivity index (χ0) is 12.3. The maximum atomic E-state index is 10.1. The molecule has 0 unspecified atom stereocenters. The van der Waals surface area contributed by atoms with E-state index in [4.69, 9.17) is 0 Å². The molecule has 86 valence electrons. The van der Waals surface area contributed by atoms with Gasteiger partial charge in [-0.15, -0.1) is 0 Å². The maximum Gasteiger partial charge on any atom is 0.132 e. The summed E-state index contributed by atoms with van der Waals surface area (Å²) >= 11 is 0. The van der Waals surface area contributed by atoms with Crippen LogP contribution >= 0.6 is 0 Å². The number of rotatable bonds is 1. The van der Waals surface area contributed by atoms with Crippen LogP contribution in [-0.2, 0) is 4.79 Å². The van der Waals surface area contributed by atoms with Gasteiger partial charge in [0.1, 0.15) is 5.78 Å². The predicted molar refractivity (Wildman–Crippen MR) is 66.6 cm³/mol. The molecule has 1 nitrogen and oxygen atoms in total. The van der Waals surface area contributed by atoms with Gasteiger partial charge in [0, 0.05) is 5.92 Å². The number of hydrogen-bond donors (Lipinski definition) is 0. The highest BCUT2D eigenvalue weighted by Crippen LogP contribution is 1.97. The van der Waals surface area contributed by atoms with Gasteiger partial charge in [0.05, 0.1) is 0 Å². The smallest absolute Gasteiger partial charge is 0.132 e. The number of allylic oxidation sites excluding steroid dienone is 2. The van der Waals surface area contributed by atoms with Gasteiger partial charge >= 0.3 is 0 Å². The molecule has 0 saturated heterocycles. The molecule has 14 heavy (non-hydrogen) atoms. The molecule has 0 bridgehead atoms. The van der Waals surface area contributed by atoms with E-state index in [1.54, 1.807) is 6.92 Å². The largest absolute Gasteiger partial charge is 0.300 e. The third-order valence-electron chi connectivity index (χ3n) is 1.81. The summed E-state index contributed by atoms with van der Waals surface area (Å²) in [6.45, 7) is 17.9. The van der Waals surface area contributed by atoms with Crippen LogP contribution in [0.15, 0.2) is 11.1 Å². The molecular formula is C13H28O. The molecule has 0 radical (unpaired) electrons. The number of carbonyl (C=O) groups is 1. The van der Waals surface area contributed by atoms with Crippen molar-refractivity contribution >= 4 is 5.78 Å². The SMILES string of the molecule is CC.CC(=O)C(C)C.CC(C)=C(C)C. The third-order valence-corrected chi connectivity index (χ3v) is 1.81. The fourth-order valence-corrected chi connectivity index (χ4v) is 0. The molecule has 0 aliphatic heterocycles. The van der Waals surface area contributed by atoms with E-state index in [-0.39, 0.29) is 11.7 Å². The normalized spacial score (nSPS) is 7.86. The summed E-state index contributed by atoms with van der Waals surface area (Å²) in [5.41, 5.74) is 2.85. The van der Waals surface area contributed by atoms with Crippen molar-refractivity contribution < 1.29 is 4.79 Å². The van der Waals surface area contributed by atoms with Crippen molar-refractivity contribution in [3.05, 3.63) is 11.1 Å². The Morgan fingerprint density at radius 2 is 0.929 bits per heavy atom. The lowest BCUT2D eigenvalue weighted by Gasteiger charge is -1.90. The number of Topliss-reactive ketones (excluding diaryl/α,β-unsaturated/α-hetero) is 1. The number of ketones is 1. The van der Waals surface area contributed by atoms with Crippen LogP contribution in [0.25, 0.3) is 0 Å². The zero-order valence-corrected chi connectivity index (χ0v) is 11.5. The van der Waals surface area contributed by atoms with Crippen molar-refractivity contribution in [3.8, 4) is 0 Å². The van der Waals surface area contributed by atoms with Crippen molar-refractivity contribution in [2.24, 2.45) is 5.92 Å². The van der Waals surface area contributed by atoms with Crippen molar-refractivity contribution in [1.82, 2.24) is 0 Å². The van der Waals surface area contributed by atoms with Gasteiger partial charge < -0.3 is 0 Å². The Hall–Kier alpha value is -0.590. The summed E-state index contributed by atoms with van der Waals surface area (Å²) in [4.78, 5) is 10.1. The first-order valence-electron chi connectivity index (χ1n) is 5.40. The van der Waals surface area contributed by atoms with Gasteiger partial charge in [-0.25, -0.2) is 0 Å². The Labute approximate surface area is 90.6 Å². The second-order valence-electron chi connectivity index (χ2n) is 3.77. The average Bonchev–Trinajstić information content (AvgIpc) is 2.08. The van der Waals surface area contributed by atoms with E-state index in [2.05, 4.69) is 27.7 Å². The molecule has 0 heterocycles. The first-order valence-corrected chi connectivity index (χ1v) is 5.40. The average molecular weight is 200 g/mol. The molecule has 0 aromatic carbocycles. The van der Waals surface area contributed by atoms with Crippen LogP contribution in [0.2, 0.25) is 0 Å². The van der Waals surface area contributed by atoms with Crippen LogP contribution in [0.1, 0.15) is 62.3 Å². The van der Waals surface area contributed by atoms with Crippen molar-refractivity contribution in [2.45, 2.75) is 62.3 Å². The van der Waals surface area contributed by atoms with Crippen molar-refractivity contribution in [1.29, 1.82) is 0 Å².